The van der Waals surface area contributed by atoms with E-state index >= 15 is 0 Å². The number of benzene rings is 1. The molecule has 0 unspecified atom stereocenters. The Morgan fingerprint density at radius 2 is 1.89 bits per heavy atom. The monoisotopic (exact) mass is 116 g/mol. The van der Waals surface area contributed by atoms with E-state index in [1.165, 1.54) is 16.5 Å². The highest BCUT2D eigenvalue weighted by Crippen LogP contribution is 1.86. The Morgan fingerprint density at radius 3 is 2.33 bits per heavy atom. The molecule has 0 N–H and O–H groups in total. The summed E-state index contributed by atoms with van der Waals surface area (Å²) >= 11 is 0. The molecule has 1 aromatic rings. The van der Waals surface area contributed by atoms with Gasteiger partial charge in [0.1, 0.15) is 15.7 Å². The molecule has 0 atom stereocenters. The highest BCUT2D eigenvalue weighted by Gasteiger charge is 1.89. The first-order valence-corrected chi connectivity index (χ1v) is 3.24. The molecule has 2 heteroatoms. The molecule has 0 nitrogen and oxygen atoms in total. The van der Waals surface area contributed by atoms with E-state index in [-0.39, 0.29) is 0 Å². The second-order valence-electron chi connectivity index (χ2n) is 2.59. The average molecular weight is 116 g/mol. The van der Waals surface area contributed by atoms with Crippen molar-refractivity contribution in [3.8, 4) is 0 Å². The minimum atomic E-state index is 1.35. The minimum absolute atomic E-state index is 1.35. The Balaban J connectivity index is 3.17. The van der Waals surface area contributed by atoms with Crippen LogP contribution in [-0.2, 0) is 0 Å². The lowest BCUT2D eigenvalue weighted by Gasteiger charge is -1.98. The number of aryl methyl sites for hydroxylation is 1. The molecule has 44 valence electrons. The predicted octanol–water partition coefficient (Wildman–Crippen LogP) is -1.49. The van der Waals surface area contributed by atoms with E-state index in [1.807, 2.05) is 0 Å². The van der Waals surface area contributed by atoms with Crippen LogP contribution in [0.25, 0.3) is 0 Å². The number of hydrogen-bond donors (Lipinski definition) is 0. The van der Waals surface area contributed by atoms with Crippen molar-refractivity contribution >= 4 is 26.6 Å². The van der Waals surface area contributed by atoms with E-state index in [2.05, 4.69) is 40.8 Å². The van der Waals surface area contributed by atoms with Gasteiger partial charge < -0.3 is 0 Å². The average Bonchev–Trinajstić information content (AvgIpc) is 1.80. The summed E-state index contributed by atoms with van der Waals surface area (Å²) in [6.07, 6.45) is 0. The van der Waals surface area contributed by atoms with Gasteiger partial charge in [-0.05, 0) is 6.92 Å². The van der Waals surface area contributed by atoms with Crippen molar-refractivity contribution in [2.75, 3.05) is 0 Å². The molecular weight excluding hydrogens is 106 g/mol. The third kappa shape index (κ3) is 1.38. The van der Waals surface area contributed by atoms with Gasteiger partial charge in [0, 0.05) is 0 Å². The number of rotatable bonds is 0. The summed E-state index contributed by atoms with van der Waals surface area (Å²) in [5.41, 5.74) is 4.11. The molecule has 1 aromatic carbocycles. The fraction of sp³-hybridized carbons (Fsp3) is 0.143. The van der Waals surface area contributed by atoms with Gasteiger partial charge in [-0.15, -0.1) is 0 Å². The summed E-state index contributed by atoms with van der Waals surface area (Å²) in [5, 5.41) is 0. The van der Waals surface area contributed by atoms with Crippen LogP contribution in [0, 0.1) is 6.92 Å². The topological polar surface area (TPSA) is 0 Å². The Hall–Kier alpha value is -0.650. The first-order valence-electron chi connectivity index (χ1n) is 3.24. The van der Waals surface area contributed by atoms with Crippen LogP contribution in [0.3, 0.4) is 0 Å². The van der Waals surface area contributed by atoms with Gasteiger partial charge in [0.2, 0.25) is 0 Å². The SMILES string of the molecule is Bc1ccc(C)c(B)c1. The van der Waals surface area contributed by atoms with Crippen molar-refractivity contribution < 1.29 is 0 Å². The van der Waals surface area contributed by atoms with Gasteiger partial charge in [0.05, 0.1) is 0 Å². The third-order valence-electron chi connectivity index (χ3n) is 1.66. The van der Waals surface area contributed by atoms with Crippen molar-refractivity contribution in [3.63, 3.8) is 0 Å². The van der Waals surface area contributed by atoms with Crippen molar-refractivity contribution in [1.29, 1.82) is 0 Å². The van der Waals surface area contributed by atoms with E-state index in [1.54, 1.807) is 0 Å². The van der Waals surface area contributed by atoms with Crippen LogP contribution >= 0.6 is 0 Å². The van der Waals surface area contributed by atoms with E-state index in [0.717, 1.165) is 0 Å². The van der Waals surface area contributed by atoms with Crippen LogP contribution in [0.15, 0.2) is 18.2 Å². The van der Waals surface area contributed by atoms with Crippen molar-refractivity contribution in [2.24, 2.45) is 0 Å². The third-order valence-corrected chi connectivity index (χ3v) is 1.66. The van der Waals surface area contributed by atoms with Gasteiger partial charge in [0.25, 0.3) is 0 Å². The Kier molecular flexibility index (Phi) is 1.65. The molecule has 0 aliphatic rings. The molecule has 0 aromatic heterocycles. The zero-order valence-corrected chi connectivity index (χ0v) is 6.23. The summed E-state index contributed by atoms with van der Waals surface area (Å²) in [4.78, 5) is 0. The van der Waals surface area contributed by atoms with Gasteiger partial charge in [-0.2, -0.15) is 0 Å². The molecule has 0 radical (unpaired) electrons. The lowest BCUT2D eigenvalue weighted by molar-refractivity contribution is 1.53. The molecule has 9 heavy (non-hydrogen) atoms. The first kappa shape index (κ1) is 6.47. The summed E-state index contributed by atoms with van der Waals surface area (Å²) in [5.74, 6) is 0. The fourth-order valence-electron chi connectivity index (χ4n) is 0.891. The lowest BCUT2D eigenvalue weighted by atomic mass is 9.84. The second-order valence-corrected chi connectivity index (χ2v) is 2.59. The molecular formula is C7H10B2. The van der Waals surface area contributed by atoms with Crippen LogP contribution in [0.2, 0.25) is 0 Å². The van der Waals surface area contributed by atoms with E-state index < -0.39 is 0 Å². The molecule has 0 aliphatic heterocycles. The van der Waals surface area contributed by atoms with Crippen molar-refractivity contribution in [3.05, 3.63) is 23.8 Å². The van der Waals surface area contributed by atoms with Crippen molar-refractivity contribution in [2.45, 2.75) is 6.92 Å². The maximum absolute atomic E-state index is 2.20. The maximum Gasteiger partial charge on any atom is 0.139 e. The smallest absolute Gasteiger partial charge is 0.0895 e. The quantitative estimate of drug-likeness (QED) is 0.362. The molecule has 0 spiro atoms. The Morgan fingerprint density at radius 1 is 1.22 bits per heavy atom. The maximum atomic E-state index is 2.20. The summed E-state index contributed by atoms with van der Waals surface area (Å²) in [6.45, 7) is 2.13. The summed E-state index contributed by atoms with van der Waals surface area (Å²) < 4.78 is 0. The molecule has 0 heterocycles. The zero-order valence-electron chi connectivity index (χ0n) is 6.23. The highest BCUT2D eigenvalue weighted by molar-refractivity contribution is 6.38. The normalized spacial score (nSPS) is 9.44. The van der Waals surface area contributed by atoms with Gasteiger partial charge in [-0.1, -0.05) is 34.7 Å². The van der Waals surface area contributed by atoms with E-state index in [0.29, 0.717) is 0 Å². The molecule has 0 saturated heterocycles. The van der Waals surface area contributed by atoms with Gasteiger partial charge >= 0.3 is 0 Å². The molecule has 0 fully saturated rings. The molecule has 1 rings (SSSR count). The van der Waals surface area contributed by atoms with E-state index in [4.69, 9.17) is 0 Å². The van der Waals surface area contributed by atoms with Crippen LogP contribution in [0.5, 0.6) is 0 Å². The minimum Gasteiger partial charge on any atom is -0.0895 e. The zero-order chi connectivity index (χ0) is 6.85. The molecule has 0 aliphatic carbocycles. The van der Waals surface area contributed by atoms with Gasteiger partial charge in [-0.25, -0.2) is 0 Å². The van der Waals surface area contributed by atoms with Crippen molar-refractivity contribution in [1.82, 2.24) is 0 Å². The van der Waals surface area contributed by atoms with Crippen LogP contribution in [0.4, 0.5) is 0 Å². The molecule has 0 amide bonds. The van der Waals surface area contributed by atoms with Crippen LogP contribution in [-0.4, -0.2) is 15.7 Å². The lowest BCUT2D eigenvalue weighted by Crippen LogP contribution is -2.15. The van der Waals surface area contributed by atoms with Gasteiger partial charge in [0.15, 0.2) is 0 Å². The summed E-state index contributed by atoms with van der Waals surface area (Å²) in [6, 6.07) is 6.50. The second kappa shape index (κ2) is 2.30. The largest absolute Gasteiger partial charge is 0.139 e. The highest BCUT2D eigenvalue weighted by atomic mass is 13.9. The van der Waals surface area contributed by atoms with Crippen LogP contribution < -0.4 is 10.9 Å². The standard InChI is InChI=1S/C7H10B2/c1-5-2-3-6(8)4-7(5)9/h2-4H,8-9H2,1H3. The first-order chi connectivity index (χ1) is 4.20. The Labute approximate surface area is 58.1 Å². The number of hydrogen-bond acceptors (Lipinski definition) is 0. The summed E-state index contributed by atoms with van der Waals surface area (Å²) in [7, 11) is 4.26. The molecule has 0 bridgehead atoms. The predicted molar refractivity (Wildman–Crippen MR) is 47.5 cm³/mol. The fourth-order valence-corrected chi connectivity index (χ4v) is 0.891. The van der Waals surface area contributed by atoms with Gasteiger partial charge in [-0.3, -0.25) is 0 Å². The Bertz CT molecular complexity index is 218. The van der Waals surface area contributed by atoms with Crippen LogP contribution in [0.1, 0.15) is 5.56 Å². The molecule has 0 saturated carbocycles. The van der Waals surface area contributed by atoms with E-state index in [9.17, 15) is 0 Å².